The van der Waals surface area contributed by atoms with Gasteiger partial charge in [0.2, 0.25) is 5.91 Å². The van der Waals surface area contributed by atoms with Crippen LogP contribution in [0.4, 0.5) is 11.4 Å². The van der Waals surface area contributed by atoms with E-state index >= 15 is 0 Å². The molecule has 0 aliphatic carbocycles. The van der Waals surface area contributed by atoms with Gasteiger partial charge in [-0.25, -0.2) is 0 Å². The Balaban J connectivity index is 2.09. The minimum Gasteiger partial charge on any atom is -0.398 e. The van der Waals surface area contributed by atoms with Crippen LogP contribution in [0, 0.1) is 13.8 Å². The average molecular weight is 289 g/mol. The molecule has 3 nitrogen and oxygen atoms in total. The minimum atomic E-state index is -0.0699. The number of halogens is 1. The lowest BCUT2D eigenvalue weighted by Crippen LogP contribution is -2.15. The molecule has 0 saturated heterocycles. The molecule has 3 N–H and O–H groups in total. The summed E-state index contributed by atoms with van der Waals surface area (Å²) < 4.78 is 0. The number of carbonyl (C=O) groups is 1. The van der Waals surface area contributed by atoms with E-state index in [1.807, 2.05) is 32.0 Å². The first-order valence-corrected chi connectivity index (χ1v) is 6.74. The zero-order valence-electron chi connectivity index (χ0n) is 11.5. The number of nitrogen functional groups attached to an aromatic ring is 1. The summed E-state index contributed by atoms with van der Waals surface area (Å²) in [5.41, 5.74) is 10.1. The molecule has 2 aromatic carbocycles. The standard InChI is InChI=1S/C16H17ClN2O/c1-10-3-4-11(2)12(7-10)8-16(20)19-13-5-6-15(18)14(17)9-13/h3-7,9H,8,18H2,1-2H3,(H,19,20). The van der Waals surface area contributed by atoms with Crippen molar-refractivity contribution in [1.82, 2.24) is 0 Å². The van der Waals surface area contributed by atoms with Crippen molar-refractivity contribution < 1.29 is 4.79 Å². The predicted molar refractivity (Wildman–Crippen MR) is 84.1 cm³/mol. The molecule has 2 aromatic rings. The molecule has 4 heteroatoms. The van der Waals surface area contributed by atoms with E-state index in [0.29, 0.717) is 22.8 Å². The fourth-order valence-corrected chi connectivity index (χ4v) is 2.15. The topological polar surface area (TPSA) is 55.1 Å². The summed E-state index contributed by atoms with van der Waals surface area (Å²) in [6.07, 6.45) is 0.343. The van der Waals surface area contributed by atoms with Gasteiger partial charge in [0.05, 0.1) is 17.1 Å². The first-order chi connectivity index (χ1) is 9.45. The van der Waals surface area contributed by atoms with E-state index < -0.39 is 0 Å². The van der Waals surface area contributed by atoms with Gasteiger partial charge in [-0.1, -0.05) is 35.4 Å². The van der Waals surface area contributed by atoms with Crippen molar-refractivity contribution in [2.75, 3.05) is 11.1 Å². The van der Waals surface area contributed by atoms with Crippen molar-refractivity contribution in [1.29, 1.82) is 0 Å². The molecule has 0 bridgehead atoms. The molecule has 0 aliphatic heterocycles. The van der Waals surface area contributed by atoms with E-state index in [2.05, 4.69) is 5.32 Å². The summed E-state index contributed by atoms with van der Waals surface area (Å²) in [6, 6.07) is 11.2. The van der Waals surface area contributed by atoms with Gasteiger partial charge >= 0.3 is 0 Å². The van der Waals surface area contributed by atoms with Gasteiger partial charge in [0.1, 0.15) is 0 Å². The van der Waals surface area contributed by atoms with Crippen LogP contribution in [-0.2, 0) is 11.2 Å². The maximum Gasteiger partial charge on any atom is 0.228 e. The van der Waals surface area contributed by atoms with E-state index in [9.17, 15) is 4.79 Å². The molecule has 1 amide bonds. The molecule has 0 atom stereocenters. The smallest absolute Gasteiger partial charge is 0.228 e. The Hall–Kier alpha value is -2.00. The lowest BCUT2D eigenvalue weighted by Gasteiger charge is -2.09. The van der Waals surface area contributed by atoms with Crippen LogP contribution in [-0.4, -0.2) is 5.91 Å². The monoisotopic (exact) mass is 288 g/mol. The fourth-order valence-electron chi connectivity index (χ4n) is 1.97. The van der Waals surface area contributed by atoms with E-state index in [1.165, 1.54) is 0 Å². The highest BCUT2D eigenvalue weighted by atomic mass is 35.5. The van der Waals surface area contributed by atoms with Crippen LogP contribution < -0.4 is 11.1 Å². The van der Waals surface area contributed by atoms with E-state index in [0.717, 1.165) is 16.7 Å². The van der Waals surface area contributed by atoms with Crippen LogP contribution in [0.2, 0.25) is 5.02 Å². The van der Waals surface area contributed by atoms with Gasteiger partial charge in [0.15, 0.2) is 0 Å². The zero-order valence-corrected chi connectivity index (χ0v) is 12.3. The Morgan fingerprint density at radius 2 is 1.95 bits per heavy atom. The second-order valence-corrected chi connectivity index (χ2v) is 5.30. The third-order valence-corrected chi connectivity index (χ3v) is 3.47. The molecule has 0 heterocycles. The lowest BCUT2D eigenvalue weighted by atomic mass is 10.0. The SMILES string of the molecule is Cc1ccc(C)c(CC(=O)Nc2ccc(N)c(Cl)c2)c1. The molecule has 0 saturated carbocycles. The van der Waals surface area contributed by atoms with Crippen molar-refractivity contribution in [3.63, 3.8) is 0 Å². The van der Waals surface area contributed by atoms with Crippen LogP contribution in [0.15, 0.2) is 36.4 Å². The maximum atomic E-state index is 12.1. The number of hydrogen-bond acceptors (Lipinski definition) is 2. The molecular weight excluding hydrogens is 272 g/mol. The number of anilines is 2. The van der Waals surface area contributed by atoms with E-state index in [4.69, 9.17) is 17.3 Å². The Morgan fingerprint density at radius 3 is 2.65 bits per heavy atom. The Labute approximate surface area is 123 Å². The highest BCUT2D eigenvalue weighted by Gasteiger charge is 2.07. The fraction of sp³-hybridized carbons (Fsp3) is 0.188. The highest BCUT2D eigenvalue weighted by molar-refractivity contribution is 6.33. The first kappa shape index (κ1) is 14.4. The number of nitrogens with one attached hydrogen (secondary N) is 1. The second-order valence-electron chi connectivity index (χ2n) is 4.89. The number of aryl methyl sites for hydroxylation is 2. The van der Waals surface area contributed by atoms with E-state index in [-0.39, 0.29) is 5.91 Å². The number of benzene rings is 2. The van der Waals surface area contributed by atoms with Crippen molar-refractivity contribution in [2.24, 2.45) is 0 Å². The van der Waals surface area contributed by atoms with Crippen LogP contribution in [0.5, 0.6) is 0 Å². The number of carbonyl (C=O) groups excluding carboxylic acids is 1. The van der Waals surface area contributed by atoms with Crippen molar-refractivity contribution in [3.8, 4) is 0 Å². The summed E-state index contributed by atoms with van der Waals surface area (Å²) in [4.78, 5) is 12.1. The predicted octanol–water partition coefficient (Wildman–Crippen LogP) is 3.72. The summed E-state index contributed by atoms with van der Waals surface area (Å²) in [6.45, 7) is 4.02. The third kappa shape index (κ3) is 3.52. The van der Waals surface area contributed by atoms with Crippen molar-refractivity contribution >= 4 is 28.9 Å². The molecular formula is C16H17ClN2O. The third-order valence-electron chi connectivity index (χ3n) is 3.14. The molecule has 0 fully saturated rings. The second kappa shape index (κ2) is 5.97. The molecule has 2 rings (SSSR count). The Bertz CT molecular complexity index is 653. The van der Waals surface area contributed by atoms with Gasteiger partial charge in [-0.15, -0.1) is 0 Å². The van der Waals surface area contributed by atoms with Gasteiger partial charge in [-0.3, -0.25) is 4.79 Å². The molecule has 20 heavy (non-hydrogen) atoms. The van der Waals surface area contributed by atoms with Gasteiger partial charge in [0, 0.05) is 5.69 Å². The molecule has 104 valence electrons. The normalized spacial score (nSPS) is 10.3. The first-order valence-electron chi connectivity index (χ1n) is 6.36. The summed E-state index contributed by atoms with van der Waals surface area (Å²) >= 11 is 5.93. The summed E-state index contributed by atoms with van der Waals surface area (Å²) in [5, 5.41) is 3.27. The van der Waals surface area contributed by atoms with Crippen molar-refractivity contribution in [3.05, 3.63) is 58.1 Å². The maximum absolute atomic E-state index is 12.1. The lowest BCUT2D eigenvalue weighted by molar-refractivity contribution is -0.115. The quantitative estimate of drug-likeness (QED) is 0.846. The van der Waals surface area contributed by atoms with Gasteiger partial charge in [-0.2, -0.15) is 0 Å². The van der Waals surface area contributed by atoms with Gasteiger partial charge < -0.3 is 11.1 Å². The Kier molecular flexibility index (Phi) is 4.30. The molecule has 0 unspecified atom stereocenters. The number of rotatable bonds is 3. The highest BCUT2D eigenvalue weighted by Crippen LogP contribution is 2.22. The minimum absolute atomic E-state index is 0.0699. The number of amides is 1. The van der Waals surface area contributed by atoms with Crippen LogP contribution >= 0.6 is 11.6 Å². The molecule has 0 aliphatic rings. The van der Waals surface area contributed by atoms with Gasteiger partial charge in [-0.05, 0) is 43.2 Å². The van der Waals surface area contributed by atoms with Crippen LogP contribution in [0.3, 0.4) is 0 Å². The molecule has 0 aromatic heterocycles. The van der Waals surface area contributed by atoms with E-state index in [1.54, 1.807) is 18.2 Å². The number of hydrogen-bond donors (Lipinski definition) is 2. The summed E-state index contributed by atoms with van der Waals surface area (Å²) in [5.74, 6) is -0.0699. The van der Waals surface area contributed by atoms with Gasteiger partial charge in [0.25, 0.3) is 0 Å². The average Bonchev–Trinajstić information content (AvgIpc) is 2.38. The number of nitrogens with two attached hydrogens (primary N) is 1. The Morgan fingerprint density at radius 1 is 1.20 bits per heavy atom. The molecule has 0 spiro atoms. The van der Waals surface area contributed by atoms with Crippen LogP contribution in [0.1, 0.15) is 16.7 Å². The zero-order chi connectivity index (χ0) is 14.7. The van der Waals surface area contributed by atoms with Crippen LogP contribution in [0.25, 0.3) is 0 Å². The van der Waals surface area contributed by atoms with Crippen molar-refractivity contribution in [2.45, 2.75) is 20.3 Å². The largest absolute Gasteiger partial charge is 0.398 e. The molecule has 0 radical (unpaired) electrons. The summed E-state index contributed by atoms with van der Waals surface area (Å²) in [7, 11) is 0.